The molecule has 8 unspecified atom stereocenters. The molecule has 0 aliphatic carbocycles. The van der Waals surface area contributed by atoms with Gasteiger partial charge in [-0.3, -0.25) is 0 Å². The molecule has 0 radical (unpaired) electrons. The van der Waals surface area contributed by atoms with Crippen molar-refractivity contribution in [2.75, 3.05) is 13.2 Å². The first kappa shape index (κ1) is 27.0. The highest BCUT2D eigenvalue weighted by atomic mass is 16.8. The van der Waals surface area contributed by atoms with Crippen LogP contribution in [0.3, 0.4) is 0 Å². The Balaban J connectivity index is 1.75. The average molecular weight is 488 g/mol. The van der Waals surface area contributed by atoms with Gasteiger partial charge in [0.15, 0.2) is 18.9 Å². The van der Waals surface area contributed by atoms with E-state index >= 15 is 0 Å². The van der Waals surface area contributed by atoms with E-state index < -0.39 is 105 Å². The van der Waals surface area contributed by atoms with Gasteiger partial charge in [0, 0.05) is 0 Å². The topological polar surface area (TPSA) is 248 Å². The molecule has 0 amide bonds. The minimum atomic E-state index is -1.86. The zero-order valence-electron chi connectivity index (χ0n) is 17.6. The van der Waals surface area contributed by atoms with Crippen LogP contribution >= 0.6 is 0 Å². The van der Waals surface area contributed by atoms with Crippen molar-refractivity contribution < 1.29 is 74.7 Å². The summed E-state index contributed by atoms with van der Waals surface area (Å²) in [5.74, 6) is 0. The van der Waals surface area contributed by atoms with Crippen LogP contribution in [0, 0.1) is 0 Å². The van der Waals surface area contributed by atoms with Gasteiger partial charge in [0.1, 0.15) is 67.1 Å². The van der Waals surface area contributed by atoms with E-state index in [9.17, 15) is 51.1 Å². The van der Waals surface area contributed by atoms with Crippen molar-refractivity contribution >= 4 is 0 Å². The summed E-state index contributed by atoms with van der Waals surface area (Å²) in [6.07, 6.45) is -23.9. The quantitative estimate of drug-likeness (QED) is 0.167. The first-order valence-corrected chi connectivity index (χ1v) is 10.4. The van der Waals surface area contributed by atoms with Gasteiger partial charge in [-0.15, -0.1) is 0 Å². The van der Waals surface area contributed by atoms with Gasteiger partial charge in [-0.2, -0.15) is 0 Å². The van der Waals surface area contributed by atoms with E-state index in [4.69, 9.17) is 23.7 Å². The molecule has 0 spiro atoms. The third kappa shape index (κ3) is 5.32. The lowest BCUT2D eigenvalue weighted by molar-refractivity contribution is -0.381. The zero-order chi connectivity index (χ0) is 24.6. The summed E-state index contributed by atoms with van der Waals surface area (Å²) in [6.45, 7) is -0.105. The minimum Gasteiger partial charge on any atom is -0.394 e. The number of aliphatic hydroxyl groups excluding tert-OH is 10. The van der Waals surface area contributed by atoms with E-state index in [1.165, 1.54) is 6.92 Å². The van der Waals surface area contributed by atoms with Crippen LogP contribution in [0.2, 0.25) is 0 Å². The molecule has 3 aliphatic rings. The SMILES string of the molecule is CC1OC(O[C@@H]2C(O)OC(CO)[C@H](OC3OC(CO)[C@H](O)[C@H](O)[C@@H]3O)[C@@H]2O)[C@@H](O)C(O)C1O. The van der Waals surface area contributed by atoms with Crippen LogP contribution in [0.5, 0.6) is 0 Å². The van der Waals surface area contributed by atoms with Crippen LogP contribution in [-0.4, -0.2) is 156 Å². The van der Waals surface area contributed by atoms with Gasteiger partial charge >= 0.3 is 0 Å². The Morgan fingerprint density at radius 1 is 0.545 bits per heavy atom. The molecule has 0 saturated carbocycles. The Kier molecular flexibility index (Phi) is 8.99. The summed E-state index contributed by atoms with van der Waals surface area (Å²) in [5, 5.41) is 99.8. The Hall–Kier alpha value is -0.600. The van der Waals surface area contributed by atoms with Crippen molar-refractivity contribution in [2.45, 2.75) is 99.0 Å². The molecule has 3 fully saturated rings. The van der Waals surface area contributed by atoms with Crippen LogP contribution in [0.4, 0.5) is 0 Å². The lowest BCUT2D eigenvalue weighted by Gasteiger charge is -2.47. The summed E-state index contributed by atoms with van der Waals surface area (Å²) in [7, 11) is 0. The van der Waals surface area contributed by atoms with Gasteiger partial charge in [-0.25, -0.2) is 0 Å². The molecular weight excluding hydrogens is 456 g/mol. The molecule has 0 aromatic rings. The van der Waals surface area contributed by atoms with Crippen molar-refractivity contribution in [3.63, 3.8) is 0 Å². The number of aliphatic hydroxyl groups is 10. The van der Waals surface area contributed by atoms with Crippen LogP contribution in [0.25, 0.3) is 0 Å². The summed E-state index contributed by atoms with van der Waals surface area (Å²) in [4.78, 5) is 0. The third-order valence-electron chi connectivity index (χ3n) is 6.05. The predicted octanol–water partition coefficient (Wildman–Crippen LogP) is -6.55. The summed E-state index contributed by atoms with van der Waals surface area (Å²) in [6, 6.07) is 0. The Bertz CT molecular complexity index is 624. The van der Waals surface area contributed by atoms with Crippen molar-refractivity contribution in [3.8, 4) is 0 Å². The zero-order valence-corrected chi connectivity index (χ0v) is 17.6. The second-order valence-electron chi connectivity index (χ2n) is 8.32. The first-order valence-electron chi connectivity index (χ1n) is 10.4. The molecule has 3 saturated heterocycles. The summed E-state index contributed by atoms with van der Waals surface area (Å²) >= 11 is 0. The molecule has 0 aromatic heterocycles. The van der Waals surface area contributed by atoms with E-state index in [-0.39, 0.29) is 0 Å². The Morgan fingerprint density at radius 2 is 1.06 bits per heavy atom. The maximum absolute atomic E-state index is 10.8. The van der Waals surface area contributed by atoms with Crippen molar-refractivity contribution in [2.24, 2.45) is 0 Å². The average Bonchev–Trinajstić information content (AvgIpc) is 2.79. The lowest BCUT2D eigenvalue weighted by Crippen LogP contribution is -2.66. The maximum atomic E-state index is 10.8. The van der Waals surface area contributed by atoms with Gasteiger partial charge in [-0.1, -0.05) is 0 Å². The molecule has 15 nitrogen and oxygen atoms in total. The second kappa shape index (κ2) is 11.0. The molecule has 15 atom stereocenters. The van der Waals surface area contributed by atoms with Crippen LogP contribution in [-0.2, 0) is 23.7 Å². The predicted molar refractivity (Wildman–Crippen MR) is 99.8 cm³/mol. The normalized spacial score (nSPS) is 53.7. The van der Waals surface area contributed by atoms with E-state index in [1.54, 1.807) is 0 Å². The smallest absolute Gasteiger partial charge is 0.187 e. The molecule has 0 bridgehead atoms. The van der Waals surface area contributed by atoms with Gasteiger partial charge < -0.3 is 74.7 Å². The molecule has 194 valence electrons. The number of hydrogen-bond acceptors (Lipinski definition) is 15. The van der Waals surface area contributed by atoms with E-state index in [0.29, 0.717) is 0 Å². The highest BCUT2D eigenvalue weighted by molar-refractivity contribution is 4.95. The summed E-state index contributed by atoms with van der Waals surface area (Å²) < 4.78 is 26.6. The number of rotatable bonds is 6. The van der Waals surface area contributed by atoms with Crippen molar-refractivity contribution in [3.05, 3.63) is 0 Å². The fourth-order valence-corrected chi connectivity index (χ4v) is 3.99. The molecule has 10 N–H and O–H groups in total. The van der Waals surface area contributed by atoms with Crippen molar-refractivity contribution in [1.82, 2.24) is 0 Å². The fraction of sp³-hybridized carbons (Fsp3) is 1.00. The Labute approximate surface area is 187 Å². The second-order valence-corrected chi connectivity index (χ2v) is 8.32. The highest BCUT2D eigenvalue weighted by Gasteiger charge is 2.53. The van der Waals surface area contributed by atoms with Gasteiger partial charge in [0.2, 0.25) is 0 Å². The highest BCUT2D eigenvalue weighted by Crippen LogP contribution is 2.32. The maximum Gasteiger partial charge on any atom is 0.187 e. The largest absolute Gasteiger partial charge is 0.394 e. The van der Waals surface area contributed by atoms with Crippen molar-refractivity contribution in [1.29, 1.82) is 0 Å². The molecule has 33 heavy (non-hydrogen) atoms. The lowest BCUT2D eigenvalue weighted by atomic mass is 9.96. The molecule has 0 aromatic carbocycles. The van der Waals surface area contributed by atoms with E-state index in [0.717, 1.165) is 0 Å². The fourth-order valence-electron chi connectivity index (χ4n) is 3.99. The third-order valence-corrected chi connectivity index (χ3v) is 6.05. The molecule has 3 heterocycles. The molecular formula is C18H32O15. The van der Waals surface area contributed by atoms with E-state index in [2.05, 4.69) is 0 Å². The number of ether oxygens (including phenoxy) is 5. The first-order chi connectivity index (χ1) is 15.5. The van der Waals surface area contributed by atoms with E-state index in [1.807, 2.05) is 0 Å². The molecule has 15 heteroatoms. The monoisotopic (exact) mass is 488 g/mol. The molecule has 3 rings (SSSR count). The standard InChI is InChI=1S/C18H32O15/c1-4-7(21)9(23)11(25)17(29-4)33-15-13(27)14(6(3-20)30-16(15)28)32-18-12(26)10(24)8(22)5(2-19)31-18/h4-28H,2-3H2,1H3/t4?,5?,6?,7?,8-,9?,10-,11-,12-,13-,14-,15-,16?,17?,18?/m0/s1. The number of hydrogen-bond donors (Lipinski definition) is 10. The van der Waals surface area contributed by atoms with Gasteiger partial charge in [-0.05, 0) is 6.92 Å². The minimum absolute atomic E-state index is 0.730. The van der Waals surface area contributed by atoms with Crippen LogP contribution in [0.15, 0.2) is 0 Å². The van der Waals surface area contributed by atoms with Crippen LogP contribution in [0.1, 0.15) is 6.92 Å². The Morgan fingerprint density at radius 3 is 1.64 bits per heavy atom. The van der Waals surface area contributed by atoms with Crippen LogP contribution < -0.4 is 0 Å². The summed E-state index contributed by atoms with van der Waals surface area (Å²) in [5.41, 5.74) is 0. The molecule has 3 aliphatic heterocycles. The van der Waals surface area contributed by atoms with Gasteiger partial charge in [0.25, 0.3) is 0 Å². The van der Waals surface area contributed by atoms with Gasteiger partial charge in [0.05, 0.1) is 19.3 Å².